The molecule has 1 aromatic rings. The highest BCUT2D eigenvalue weighted by atomic mass is 32.1. The third-order valence-electron chi connectivity index (χ3n) is 4.27. The van der Waals surface area contributed by atoms with Crippen molar-refractivity contribution in [3.05, 3.63) is 22.4 Å². The van der Waals surface area contributed by atoms with Crippen LogP contribution in [0.4, 0.5) is 0 Å². The van der Waals surface area contributed by atoms with Crippen molar-refractivity contribution in [1.82, 2.24) is 10.2 Å². The summed E-state index contributed by atoms with van der Waals surface area (Å²) < 4.78 is 0. The Balaban J connectivity index is 2.08. The summed E-state index contributed by atoms with van der Waals surface area (Å²) in [6.07, 6.45) is 1.44. The number of piperidine rings is 1. The highest BCUT2D eigenvalue weighted by molar-refractivity contribution is 7.10. The zero-order valence-corrected chi connectivity index (χ0v) is 14.1. The first kappa shape index (κ1) is 17.5. The second kappa shape index (κ2) is 7.59. The number of hydrogen-bond acceptors (Lipinski definition) is 4. The molecule has 2 rings (SSSR count). The largest absolute Gasteiger partial charge is 0.481 e. The van der Waals surface area contributed by atoms with Crippen molar-refractivity contribution in [3.63, 3.8) is 0 Å². The normalized spacial score (nSPS) is 22.4. The minimum atomic E-state index is -0.855. The van der Waals surface area contributed by atoms with Crippen molar-refractivity contribution in [3.8, 4) is 0 Å². The lowest BCUT2D eigenvalue weighted by Gasteiger charge is -2.38. The van der Waals surface area contributed by atoms with E-state index in [9.17, 15) is 19.5 Å². The molecule has 6 nitrogen and oxygen atoms in total. The molecule has 0 aromatic carbocycles. The summed E-state index contributed by atoms with van der Waals surface area (Å²) in [5.41, 5.74) is 0. The maximum Gasteiger partial charge on any atom is 0.308 e. The van der Waals surface area contributed by atoms with Crippen molar-refractivity contribution < 1.29 is 19.5 Å². The lowest BCUT2D eigenvalue weighted by molar-refractivity contribution is -0.149. The number of hydrogen-bond donors (Lipinski definition) is 2. The molecule has 1 aromatic heterocycles. The van der Waals surface area contributed by atoms with Crippen LogP contribution in [-0.4, -0.2) is 40.4 Å². The molecule has 2 amide bonds. The lowest BCUT2D eigenvalue weighted by atomic mass is 9.90. The van der Waals surface area contributed by atoms with Gasteiger partial charge in [0.05, 0.1) is 18.4 Å². The van der Waals surface area contributed by atoms with E-state index in [1.165, 1.54) is 18.3 Å². The molecular formula is C16H22N2O4S. The molecule has 1 aliphatic rings. The second-order valence-corrected chi connectivity index (χ2v) is 6.87. The van der Waals surface area contributed by atoms with Crippen LogP contribution in [0.15, 0.2) is 17.5 Å². The van der Waals surface area contributed by atoms with Crippen LogP contribution < -0.4 is 5.32 Å². The van der Waals surface area contributed by atoms with Gasteiger partial charge in [-0.25, -0.2) is 0 Å². The number of likely N-dealkylation sites (tertiary alicyclic amines) is 1. The van der Waals surface area contributed by atoms with Gasteiger partial charge in [0, 0.05) is 24.4 Å². The number of aliphatic carboxylic acids is 1. The van der Waals surface area contributed by atoms with Gasteiger partial charge in [0.15, 0.2) is 0 Å². The summed E-state index contributed by atoms with van der Waals surface area (Å²) in [6, 6.07) is 3.08. The third kappa shape index (κ3) is 4.31. The third-order valence-corrected chi connectivity index (χ3v) is 5.25. The average Bonchev–Trinajstić information content (AvgIpc) is 3.00. The summed E-state index contributed by atoms with van der Waals surface area (Å²) in [5, 5.41) is 14.0. The summed E-state index contributed by atoms with van der Waals surface area (Å²) >= 11 is 1.49. The van der Waals surface area contributed by atoms with E-state index in [4.69, 9.17) is 0 Å². The Labute approximate surface area is 139 Å². The Hall–Kier alpha value is -1.89. The number of carboxylic acids is 1. The zero-order valence-electron chi connectivity index (χ0n) is 13.3. The molecule has 0 saturated carbocycles. The van der Waals surface area contributed by atoms with Crippen LogP contribution in [0.2, 0.25) is 0 Å². The summed E-state index contributed by atoms with van der Waals surface area (Å²) in [5.74, 6) is -1.68. The zero-order chi connectivity index (χ0) is 17.0. The molecule has 2 heterocycles. The molecule has 0 bridgehead atoms. The molecule has 0 aliphatic carbocycles. The van der Waals surface area contributed by atoms with Crippen LogP contribution >= 0.6 is 11.3 Å². The lowest BCUT2D eigenvalue weighted by Crippen LogP contribution is -2.49. The number of thiophene rings is 1. The Kier molecular flexibility index (Phi) is 5.76. The molecule has 2 N–H and O–H groups in total. The van der Waals surface area contributed by atoms with Gasteiger partial charge >= 0.3 is 5.97 Å². The van der Waals surface area contributed by atoms with Crippen molar-refractivity contribution >= 4 is 29.1 Å². The van der Waals surface area contributed by atoms with Gasteiger partial charge < -0.3 is 15.3 Å². The number of carbonyl (C=O) groups is 3. The maximum atomic E-state index is 12.7. The van der Waals surface area contributed by atoms with Crippen LogP contribution in [0.25, 0.3) is 0 Å². The maximum absolute atomic E-state index is 12.7. The van der Waals surface area contributed by atoms with E-state index in [1.54, 1.807) is 11.8 Å². The molecule has 1 aliphatic heterocycles. The molecule has 0 spiro atoms. The van der Waals surface area contributed by atoms with Crippen LogP contribution in [0.3, 0.4) is 0 Å². The van der Waals surface area contributed by atoms with Crippen molar-refractivity contribution in [1.29, 1.82) is 0 Å². The molecule has 1 saturated heterocycles. The first-order valence-electron chi connectivity index (χ1n) is 7.73. The van der Waals surface area contributed by atoms with E-state index >= 15 is 0 Å². The van der Waals surface area contributed by atoms with Gasteiger partial charge in [0.2, 0.25) is 11.8 Å². The van der Waals surface area contributed by atoms with Crippen LogP contribution in [0.1, 0.15) is 44.0 Å². The van der Waals surface area contributed by atoms with E-state index in [0.717, 1.165) is 4.88 Å². The van der Waals surface area contributed by atoms with Crippen LogP contribution in [-0.2, 0) is 14.4 Å². The molecular weight excluding hydrogens is 316 g/mol. The van der Waals surface area contributed by atoms with Crippen molar-refractivity contribution in [2.45, 2.75) is 45.2 Å². The first-order chi connectivity index (χ1) is 10.9. The SMILES string of the molecule is CC(=O)NC(CC(=O)N1CCC[C@@H](C(=O)O)[C@H]1C)c1cccs1. The fourth-order valence-electron chi connectivity index (χ4n) is 3.07. The molecule has 0 radical (unpaired) electrons. The van der Waals surface area contributed by atoms with E-state index in [-0.39, 0.29) is 30.3 Å². The Morgan fingerprint density at radius 2 is 2.22 bits per heavy atom. The van der Waals surface area contributed by atoms with E-state index in [2.05, 4.69) is 5.32 Å². The topological polar surface area (TPSA) is 86.7 Å². The van der Waals surface area contributed by atoms with Crippen molar-refractivity contribution in [2.75, 3.05) is 6.54 Å². The monoisotopic (exact) mass is 338 g/mol. The predicted molar refractivity (Wildman–Crippen MR) is 87.0 cm³/mol. The number of rotatable bonds is 5. The number of nitrogens with zero attached hydrogens (tertiary/aromatic N) is 1. The number of carbonyl (C=O) groups excluding carboxylic acids is 2. The number of amides is 2. The summed E-state index contributed by atoms with van der Waals surface area (Å²) in [7, 11) is 0. The number of carboxylic acid groups (broad SMARTS) is 1. The van der Waals surface area contributed by atoms with Gasteiger partial charge in [-0.05, 0) is 31.2 Å². The summed E-state index contributed by atoms with van der Waals surface area (Å²) in [4.78, 5) is 37.9. The standard InChI is InChI=1S/C16H22N2O4S/c1-10-12(16(21)22)5-3-7-18(10)15(20)9-13(17-11(2)19)14-6-4-8-23-14/h4,6,8,10,12-13H,3,5,7,9H2,1-2H3,(H,17,19)(H,21,22)/t10-,12-,13?/m1/s1. The van der Waals surface area contributed by atoms with E-state index in [1.807, 2.05) is 17.5 Å². The Bertz CT molecular complexity index is 573. The van der Waals surface area contributed by atoms with E-state index < -0.39 is 11.9 Å². The van der Waals surface area contributed by atoms with Gasteiger partial charge in [0.1, 0.15) is 0 Å². The fraction of sp³-hybridized carbons (Fsp3) is 0.562. The highest BCUT2D eigenvalue weighted by Gasteiger charge is 2.36. The molecule has 1 fully saturated rings. The van der Waals surface area contributed by atoms with Crippen LogP contribution in [0, 0.1) is 5.92 Å². The van der Waals surface area contributed by atoms with Gasteiger partial charge in [0.25, 0.3) is 0 Å². The molecule has 3 atom stereocenters. The Morgan fingerprint density at radius 3 is 2.78 bits per heavy atom. The molecule has 1 unspecified atom stereocenters. The van der Waals surface area contributed by atoms with Crippen LogP contribution in [0.5, 0.6) is 0 Å². The minimum absolute atomic E-state index is 0.115. The first-order valence-corrected chi connectivity index (χ1v) is 8.61. The Morgan fingerprint density at radius 1 is 1.48 bits per heavy atom. The molecule has 126 valence electrons. The average molecular weight is 338 g/mol. The summed E-state index contributed by atoms with van der Waals surface area (Å²) in [6.45, 7) is 3.78. The minimum Gasteiger partial charge on any atom is -0.481 e. The fourth-order valence-corrected chi connectivity index (χ4v) is 3.85. The van der Waals surface area contributed by atoms with Gasteiger partial charge in [-0.15, -0.1) is 11.3 Å². The predicted octanol–water partition coefficient (Wildman–Crippen LogP) is 2.03. The number of nitrogens with one attached hydrogen (secondary N) is 1. The molecule has 23 heavy (non-hydrogen) atoms. The van der Waals surface area contributed by atoms with Crippen molar-refractivity contribution in [2.24, 2.45) is 5.92 Å². The van der Waals surface area contributed by atoms with Gasteiger partial charge in [-0.3, -0.25) is 14.4 Å². The second-order valence-electron chi connectivity index (χ2n) is 5.89. The smallest absolute Gasteiger partial charge is 0.308 e. The van der Waals surface area contributed by atoms with Gasteiger partial charge in [-0.1, -0.05) is 6.07 Å². The quantitative estimate of drug-likeness (QED) is 0.860. The molecule has 7 heteroatoms. The van der Waals surface area contributed by atoms with Gasteiger partial charge in [-0.2, -0.15) is 0 Å². The highest BCUT2D eigenvalue weighted by Crippen LogP contribution is 2.27. The van der Waals surface area contributed by atoms with E-state index in [0.29, 0.717) is 19.4 Å².